The molecule has 1 aromatic carbocycles. The van der Waals surface area contributed by atoms with E-state index in [1.54, 1.807) is 26.1 Å². The quantitative estimate of drug-likeness (QED) is 0.875. The Kier molecular flexibility index (Phi) is 2.71. The van der Waals surface area contributed by atoms with E-state index in [1.165, 1.54) is 0 Å². The summed E-state index contributed by atoms with van der Waals surface area (Å²) < 4.78 is 5.64. The molecule has 0 aliphatic carbocycles. The van der Waals surface area contributed by atoms with Gasteiger partial charge >= 0.3 is 0 Å². The molecule has 0 saturated carbocycles. The molecule has 17 heavy (non-hydrogen) atoms. The van der Waals surface area contributed by atoms with Crippen molar-refractivity contribution in [3.8, 4) is 5.75 Å². The number of para-hydroxylation sites is 1. The minimum absolute atomic E-state index is 0.509. The Bertz CT molecular complexity index is 559. The highest BCUT2D eigenvalue weighted by molar-refractivity contribution is 5.86. The van der Waals surface area contributed by atoms with Gasteiger partial charge in [0.2, 0.25) is 0 Å². The standard InChI is InChI=1S/C13H14N2O2/c1-13(2,12(14)16)17-10-7-3-5-9-6-4-8-15-11(9)10/h3-8H,1-2H3,(H2,14,16). The van der Waals surface area contributed by atoms with Crippen molar-refractivity contribution in [2.24, 2.45) is 5.73 Å². The van der Waals surface area contributed by atoms with Crippen LogP contribution in [0, 0.1) is 0 Å². The summed E-state index contributed by atoms with van der Waals surface area (Å²) in [7, 11) is 0. The molecule has 0 spiro atoms. The number of carbonyl (C=O) groups excluding carboxylic acids is 1. The molecule has 1 heterocycles. The second-order valence-corrected chi connectivity index (χ2v) is 4.31. The Morgan fingerprint density at radius 2 is 2.00 bits per heavy atom. The minimum atomic E-state index is -1.05. The Morgan fingerprint density at radius 3 is 2.71 bits per heavy atom. The monoisotopic (exact) mass is 230 g/mol. The molecule has 2 rings (SSSR count). The summed E-state index contributed by atoms with van der Waals surface area (Å²) >= 11 is 0. The van der Waals surface area contributed by atoms with Crippen LogP contribution in [-0.2, 0) is 4.79 Å². The lowest BCUT2D eigenvalue weighted by Crippen LogP contribution is -2.43. The molecule has 1 amide bonds. The molecular weight excluding hydrogens is 216 g/mol. The van der Waals surface area contributed by atoms with Gasteiger partial charge in [-0.3, -0.25) is 9.78 Å². The van der Waals surface area contributed by atoms with Gasteiger partial charge in [-0.2, -0.15) is 0 Å². The van der Waals surface area contributed by atoms with E-state index in [1.807, 2.05) is 24.3 Å². The first kappa shape index (κ1) is 11.4. The molecular formula is C13H14N2O2. The molecule has 0 aliphatic heterocycles. The van der Waals surface area contributed by atoms with E-state index in [0.717, 1.165) is 10.9 Å². The molecule has 0 fully saturated rings. The van der Waals surface area contributed by atoms with Crippen LogP contribution in [0.3, 0.4) is 0 Å². The van der Waals surface area contributed by atoms with Crippen molar-refractivity contribution in [3.05, 3.63) is 36.5 Å². The van der Waals surface area contributed by atoms with Gasteiger partial charge in [-0.25, -0.2) is 0 Å². The van der Waals surface area contributed by atoms with E-state index in [0.29, 0.717) is 5.75 Å². The van der Waals surface area contributed by atoms with Crippen LogP contribution in [0.4, 0.5) is 0 Å². The number of fused-ring (bicyclic) bond motifs is 1. The number of amides is 1. The number of primary amides is 1. The number of rotatable bonds is 3. The number of benzene rings is 1. The van der Waals surface area contributed by atoms with Crippen LogP contribution in [0.1, 0.15) is 13.8 Å². The van der Waals surface area contributed by atoms with Crippen molar-refractivity contribution in [2.45, 2.75) is 19.4 Å². The number of carbonyl (C=O) groups is 1. The molecule has 0 saturated heterocycles. The maximum absolute atomic E-state index is 11.2. The first-order valence-corrected chi connectivity index (χ1v) is 5.33. The minimum Gasteiger partial charge on any atom is -0.476 e. The van der Waals surface area contributed by atoms with Crippen LogP contribution < -0.4 is 10.5 Å². The highest BCUT2D eigenvalue weighted by Crippen LogP contribution is 2.26. The zero-order valence-corrected chi connectivity index (χ0v) is 9.81. The predicted octanol–water partition coefficient (Wildman–Crippen LogP) is 1.88. The smallest absolute Gasteiger partial charge is 0.261 e. The Hall–Kier alpha value is -2.10. The van der Waals surface area contributed by atoms with E-state index in [-0.39, 0.29) is 0 Å². The van der Waals surface area contributed by atoms with Crippen molar-refractivity contribution in [2.75, 3.05) is 0 Å². The molecule has 4 nitrogen and oxygen atoms in total. The van der Waals surface area contributed by atoms with Crippen LogP contribution in [0.5, 0.6) is 5.75 Å². The van der Waals surface area contributed by atoms with Crippen molar-refractivity contribution >= 4 is 16.8 Å². The summed E-state index contributed by atoms with van der Waals surface area (Å²) in [4.78, 5) is 15.5. The molecule has 0 atom stereocenters. The average Bonchev–Trinajstić information content (AvgIpc) is 2.29. The van der Waals surface area contributed by atoms with Crippen molar-refractivity contribution in [1.29, 1.82) is 0 Å². The summed E-state index contributed by atoms with van der Waals surface area (Å²) in [5.41, 5.74) is 4.95. The lowest BCUT2D eigenvalue weighted by molar-refractivity contribution is -0.130. The largest absolute Gasteiger partial charge is 0.476 e. The molecule has 0 bridgehead atoms. The van der Waals surface area contributed by atoms with Crippen LogP contribution in [0.15, 0.2) is 36.5 Å². The third-order valence-electron chi connectivity index (χ3n) is 2.55. The van der Waals surface area contributed by atoms with Crippen LogP contribution >= 0.6 is 0 Å². The fourth-order valence-electron chi connectivity index (χ4n) is 1.48. The van der Waals surface area contributed by atoms with Gasteiger partial charge in [0.1, 0.15) is 11.3 Å². The SMILES string of the molecule is CC(C)(Oc1cccc2cccnc12)C(N)=O. The molecule has 0 unspecified atom stereocenters. The van der Waals surface area contributed by atoms with Crippen LogP contribution in [0.25, 0.3) is 10.9 Å². The highest BCUT2D eigenvalue weighted by atomic mass is 16.5. The number of hydrogen-bond acceptors (Lipinski definition) is 3. The van der Waals surface area contributed by atoms with Crippen molar-refractivity contribution in [1.82, 2.24) is 4.98 Å². The van der Waals surface area contributed by atoms with Crippen molar-refractivity contribution < 1.29 is 9.53 Å². The second kappa shape index (κ2) is 4.05. The van der Waals surface area contributed by atoms with Gasteiger partial charge in [0.25, 0.3) is 5.91 Å². The number of ether oxygens (including phenoxy) is 1. The zero-order valence-electron chi connectivity index (χ0n) is 9.81. The first-order valence-electron chi connectivity index (χ1n) is 5.33. The normalized spacial score (nSPS) is 11.4. The van der Waals surface area contributed by atoms with E-state index >= 15 is 0 Å². The first-order chi connectivity index (χ1) is 8.00. The van der Waals surface area contributed by atoms with E-state index in [4.69, 9.17) is 10.5 Å². The lowest BCUT2D eigenvalue weighted by atomic mass is 10.1. The Morgan fingerprint density at radius 1 is 1.29 bits per heavy atom. The summed E-state index contributed by atoms with van der Waals surface area (Å²) in [6.07, 6.45) is 1.69. The van der Waals surface area contributed by atoms with E-state index in [2.05, 4.69) is 4.98 Å². The van der Waals surface area contributed by atoms with E-state index < -0.39 is 11.5 Å². The van der Waals surface area contributed by atoms with Gasteiger partial charge in [-0.15, -0.1) is 0 Å². The predicted molar refractivity (Wildman–Crippen MR) is 65.6 cm³/mol. The fraction of sp³-hybridized carbons (Fsp3) is 0.231. The van der Waals surface area contributed by atoms with Gasteiger partial charge in [0, 0.05) is 11.6 Å². The molecule has 88 valence electrons. The molecule has 4 heteroatoms. The van der Waals surface area contributed by atoms with Crippen LogP contribution in [-0.4, -0.2) is 16.5 Å². The molecule has 1 aromatic heterocycles. The van der Waals surface area contributed by atoms with Gasteiger partial charge in [-0.1, -0.05) is 18.2 Å². The topological polar surface area (TPSA) is 65.2 Å². The maximum atomic E-state index is 11.2. The number of aromatic nitrogens is 1. The molecule has 0 radical (unpaired) electrons. The lowest BCUT2D eigenvalue weighted by Gasteiger charge is -2.23. The van der Waals surface area contributed by atoms with Gasteiger partial charge in [0.15, 0.2) is 5.60 Å². The van der Waals surface area contributed by atoms with Crippen LogP contribution in [0.2, 0.25) is 0 Å². The number of hydrogen-bond donors (Lipinski definition) is 1. The summed E-state index contributed by atoms with van der Waals surface area (Å²) in [5, 5.41) is 0.963. The van der Waals surface area contributed by atoms with Crippen molar-refractivity contribution in [3.63, 3.8) is 0 Å². The number of pyridine rings is 1. The zero-order chi connectivity index (χ0) is 12.5. The summed E-state index contributed by atoms with van der Waals surface area (Å²) in [5.74, 6) is 0.0531. The number of nitrogens with two attached hydrogens (primary N) is 1. The van der Waals surface area contributed by atoms with Gasteiger partial charge < -0.3 is 10.5 Å². The molecule has 2 aromatic rings. The molecule has 0 aliphatic rings. The summed E-state index contributed by atoms with van der Waals surface area (Å²) in [6, 6.07) is 9.36. The highest BCUT2D eigenvalue weighted by Gasteiger charge is 2.27. The second-order valence-electron chi connectivity index (χ2n) is 4.31. The molecule has 2 N–H and O–H groups in total. The third kappa shape index (κ3) is 2.20. The third-order valence-corrected chi connectivity index (χ3v) is 2.55. The average molecular weight is 230 g/mol. The summed E-state index contributed by atoms with van der Waals surface area (Å²) in [6.45, 7) is 3.27. The maximum Gasteiger partial charge on any atom is 0.261 e. The fourth-order valence-corrected chi connectivity index (χ4v) is 1.48. The Balaban J connectivity index is 2.46. The van der Waals surface area contributed by atoms with E-state index in [9.17, 15) is 4.79 Å². The number of nitrogens with zero attached hydrogens (tertiary/aromatic N) is 1. The van der Waals surface area contributed by atoms with Gasteiger partial charge in [-0.05, 0) is 26.0 Å². The Labute approximate surface area is 99.4 Å². The van der Waals surface area contributed by atoms with Gasteiger partial charge in [0.05, 0.1) is 0 Å².